The van der Waals surface area contributed by atoms with Crippen molar-refractivity contribution in [3.63, 3.8) is 0 Å². The molecule has 0 radical (unpaired) electrons. The molecule has 1 saturated heterocycles. The van der Waals surface area contributed by atoms with Crippen LogP contribution in [0.15, 0.2) is 89.9 Å². The Bertz CT molecular complexity index is 1970. The highest BCUT2D eigenvalue weighted by Gasteiger charge is 2.44. The molecule has 3 atom stereocenters. The number of aromatic nitrogens is 2. The summed E-state index contributed by atoms with van der Waals surface area (Å²) >= 11 is 6.19. The highest BCUT2D eigenvalue weighted by atomic mass is 35.5. The fourth-order valence-corrected chi connectivity index (χ4v) is 7.63. The summed E-state index contributed by atoms with van der Waals surface area (Å²) in [7, 11) is -5.49. The van der Waals surface area contributed by atoms with E-state index in [2.05, 4.69) is 24.7 Å². The molecule has 2 heterocycles. The highest BCUT2D eigenvalue weighted by Crippen LogP contribution is 2.38. The van der Waals surface area contributed by atoms with E-state index in [1.807, 2.05) is 30.3 Å². The van der Waals surface area contributed by atoms with Crippen molar-refractivity contribution in [1.29, 1.82) is 0 Å². The molecule has 0 spiro atoms. The van der Waals surface area contributed by atoms with E-state index in [9.17, 15) is 22.4 Å². The van der Waals surface area contributed by atoms with Crippen molar-refractivity contribution in [3.05, 3.63) is 129 Å². The van der Waals surface area contributed by atoms with E-state index >= 15 is 0 Å². The van der Waals surface area contributed by atoms with Crippen LogP contribution in [0.2, 0.25) is 30.7 Å². The molecule has 1 fully saturated rings. The van der Waals surface area contributed by atoms with Crippen molar-refractivity contribution in [2.24, 2.45) is 0 Å². The third-order valence-electron chi connectivity index (χ3n) is 8.58. The summed E-state index contributed by atoms with van der Waals surface area (Å²) in [6, 6.07) is 21.9. The minimum absolute atomic E-state index is 0.0197. The summed E-state index contributed by atoms with van der Waals surface area (Å²) in [5.41, 5.74) is 0.765. The Labute approximate surface area is 304 Å². The molecule has 5 rings (SSSR count). The van der Waals surface area contributed by atoms with Crippen molar-refractivity contribution in [1.82, 2.24) is 14.7 Å². The number of hydrogen-bond donors (Lipinski definition) is 0. The van der Waals surface area contributed by atoms with Crippen molar-refractivity contribution in [3.8, 4) is 5.75 Å². The van der Waals surface area contributed by atoms with E-state index in [1.165, 1.54) is 34.0 Å². The number of nitrogens with zero attached hydrogens (tertiary/aromatic N) is 3. The maximum atomic E-state index is 14.7. The minimum Gasteiger partial charge on any atom is -0.483 e. The molecule has 1 aliphatic rings. The molecule has 10 nitrogen and oxygen atoms in total. The molecule has 0 N–H and O–H groups in total. The molecule has 0 bridgehead atoms. The van der Waals surface area contributed by atoms with Gasteiger partial charge in [-0.2, -0.15) is 13.5 Å². The van der Waals surface area contributed by atoms with Crippen molar-refractivity contribution >= 4 is 35.7 Å². The van der Waals surface area contributed by atoms with Crippen molar-refractivity contribution < 1.29 is 31.3 Å². The van der Waals surface area contributed by atoms with Crippen LogP contribution in [0.5, 0.6) is 5.75 Å². The van der Waals surface area contributed by atoms with Crippen LogP contribution in [0.25, 0.3) is 0 Å². The zero-order valence-corrected chi connectivity index (χ0v) is 31.7. The molecule has 1 aromatic heterocycles. The lowest BCUT2D eigenvalue weighted by Gasteiger charge is -2.36. The fraction of sp³-hybridized carbons (Fsp3) is 0.378. The molecule has 4 aromatic rings. The number of amides is 1. The van der Waals surface area contributed by atoms with Gasteiger partial charge in [0.25, 0.3) is 21.5 Å². The maximum absolute atomic E-state index is 14.7. The van der Waals surface area contributed by atoms with E-state index in [-0.39, 0.29) is 25.6 Å². The van der Waals surface area contributed by atoms with Gasteiger partial charge in [0.15, 0.2) is 11.4 Å². The molecule has 1 amide bonds. The third-order valence-corrected chi connectivity index (χ3v) is 11.1. The predicted molar refractivity (Wildman–Crippen MR) is 197 cm³/mol. The van der Waals surface area contributed by atoms with Gasteiger partial charge in [0.1, 0.15) is 25.3 Å². The van der Waals surface area contributed by atoms with Crippen LogP contribution in [-0.2, 0) is 32.4 Å². The van der Waals surface area contributed by atoms with Crippen LogP contribution in [0.3, 0.4) is 0 Å². The smallest absolute Gasteiger partial charge is 0.278 e. The molecule has 3 unspecified atom stereocenters. The fourth-order valence-electron chi connectivity index (χ4n) is 6.10. The first-order chi connectivity index (χ1) is 24.2. The molecule has 272 valence electrons. The average molecular weight is 756 g/mol. The van der Waals surface area contributed by atoms with Gasteiger partial charge in [0, 0.05) is 32.2 Å². The standard InChI is InChI=1S/C37H43ClFN3O7SSi/c1-50(45,46)49-36(33(27-15-17-29(38)18-16-27)28-12-8-13-30(39)22-28)31-14-9-19-42(31)37(44)34-35(43)32(48-24-26-10-6-5-7-11-26)23-41(40-34)25-47-20-21-51(2,3)4/h5-8,10-13,15-18,22-23,31,33,36H,9,14,19-21,24-25H2,1-4H3. The van der Waals surface area contributed by atoms with Gasteiger partial charge in [-0.25, -0.2) is 9.07 Å². The molecule has 0 saturated carbocycles. The first kappa shape index (κ1) is 38.4. The summed E-state index contributed by atoms with van der Waals surface area (Å²) < 4.78 is 59.4. The number of hydrogen-bond acceptors (Lipinski definition) is 8. The molecule has 51 heavy (non-hydrogen) atoms. The van der Waals surface area contributed by atoms with Gasteiger partial charge in [-0.05, 0) is 59.8 Å². The predicted octanol–water partition coefficient (Wildman–Crippen LogP) is 6.71. The lowest BCUT2D eigenvalue weighted by atomic mass is 9.82. The summed E-state index contributed by atoms with van der Waals surface area (Å²) in [6.45, 7) is 7.45. The Morgan fingerprint density at radius 2 is 1.76 bits per heavy atom. The van der Waals surface area contributed by atoms with Gasteiger partial charge in [-0.1, -0.05) is 85.8 Å². The topological polar surface area (TPSA) is 117 Å². The molecule has 0 aliphatic carbocycles. The van der Waals surface area contributed by atoms with E-state index in [4.69, 9.17) is 25.3 Å². The molecule has 14 heteroatoms. The summed E-state index contributed by atoms with van der Waals surface area (Å²) in [5, 5.41) is 4.87. The largest absolute Gasteiger partial charge is 0.483 e. The van der Waals surface area contributed by atoms with Gasteiger partial charge in [-0.15, -0.1) is 0 Å². The maximum Gasteiger partial charge on any atom is 0.278 e. The van der Waals surface area contributed by atoms with Gasteiger partial charge in [0.05, 0.1) is 18.5 Å². The monoisotopic (exact) mass is 755 g/mol. The number of carbonyl (C=O) groups excluding carboxylic acids is 1. The van der Waals surface area contributed by atoms with E-state index < -0.39 is 59.1 Å². The normalized spacial score (nSPS) is 16.2. The van der Waals surface area contributed by atoms with Gasteiger partial charge in [0.2, 0.25) is 0 Å². The quantitative estimate of drug-likeness (QED) is 0.0747. The zero-order valence-electron chi connectivity index (χ0n) is 29.1. The van der Waals surface area contributed by atoms with E-state index in [1.54, 1.807) is 30.3 Å². The zero-order chi connectivity index (χ0) is 36.8. The lowest BCUT2D eigenvalue weighted by Crippen LogP contribution is -2.48. The highest BCUT2D eigenvalue weighted by molar-refractivity contribution is 7.86. The van der Waals surface area contributed by atoms with Gasteiger partial charge in [-0.3, -0.25) is 13.8 Å². The van der Waals surface area contributed by atoms with E-state index in [0.717, 1.165) is 17.9 Å². The number of benzene rings is 3. The Morgan fingerprint density at radius 3 is 2.43 bits per heavy atom. The third kappa shape index (κ3) is 10.6. The van der Waals surface area contributed by atoms with Crippen molar-refractivity contribution in [2.75, 3.05) is 19.4 Å². The van der Waals surface area contributed by atoms with Crippen LogP contribution in [-0.4, -0.2) is 68.6 Å². The molecular weight excluding hydrogens is 713 g/mol. The Morgan fingerprint density at radius 1 is 1.04 bits per heavy atom. The Hall–Kier alpha value is -3.88. The second-order valence-corrected chi connectivity index (χ2v) is 21.5. The molecular formula is C37H43ClFN3O7SSi. The van der Waals surface area contributed by atoms with E-state index in [0.29, 0.717) is 35.6 Å². The summed E-state index contributed by atoms with van der Waals surface area (Å²) in [5.74, 6) is -2.15. The van der Waals surface area contributed by atoms with Gasteiger partial charge >= 0.3 is 0 Å². The van der Waals surface area contributed by atoms with Crippen LogP contribution >= 0.6 is 11.6 Å². The van der Waals surface area contributed by atoms with Gasteiger partial charge < -0.3 is 14.4 Å². The number of halogens is 2. The SMILES string of the molecule is C[Si](C)(C)CCOCn1cc(OCc2ccccc2)c(=O)c(C(=O)N2CCCC2C(OS(C)(=O)=O)C(c2ccc(Cl)cc2)c2cccc(F)c2)n1. The number of rotatable bonds is 15. The molecule has 3 aromatic carbocycles. The second kappa shape index (κ2) is 16.6. The number of carbonyl (C=O) groups is 1. The summed E-state index contributed by atoms with van der Waals surface area (Å²) in [4.78, 5) is 29.8. The van der Waals surface area contributed by atoms with Crippen LogP contribution in [0.4, 0.5) is 4.39 Å². The summed E-state index contributed by atoms with van der Waals surface area (Å²) in [6.07, 6.45) is 2.01. The second-order valence-electron chi connectivity index (χ2n) is 13.9. The Kier molecular flexibility index (Phi) is 12.5. The van der Waals surface area contributed by atoms with Crippen LogP contribution < -0.4 is 10.2 Å². The lowest BCUT2D eigenvalue weighted by molar-refractivity contribution is 0.0514. The first-order valence-corrected chi connectivity index (χ1v) is 22.6. The van der Waals surface area contributed by atoms with Crippen LogP contribution in [0.1, 0.15) is 45.9 Å². The van der Waals surface area contributed by atoms with Crippen LogP contribution in [0, 0.1) is 5.82 Å². The average Bonchev–Trinajstić information content (AvgIpc) is 3.56. The Balaban J connectivity index is 1.54. The minimum atomic E-state index is -4.11. The number of ether oxygens (including phenoxy) is 2. The molecule has 1 aliphatic heterocycles. The number of likely N-dealkylation sites (tertiary alicyclic amines) is 1. The first-order valence-electron chi connectivity index (χ1n) is 16.7. The van der Waals surface area contributed by atoms with Crippen molar-refractivity contribution in [2.45, 2.75) is 69.9 Å².